The van der Waals surface area contributed by atoms with E-state index in [0.717, 1.165) is 45.1 Å². The molecule has 1 aliphatic rings. The van der Waals surface area contributed by atoms with E-state index in [9.17, 15) is 0 Å². The lowest BCUT2D eigenvalue weighted by Gasteiger charge is -2.31. The smallest absolute Gasteiger partial charge is 0.119 e. The molecule has 4 rings (SSSR count). The topological polar surface area (TPSA) is 29.9 Å². The fourth-order valence-corrected chi connectivity index (χ4v) is 4.38. The minimum atomic E-state index is 0.419. The van der Waals surface area contributed by atoms with E-state index in [4.69, 9.17) is 9.47 Å². The number of rotatable bonds is 7. The van der Waals surface area contributed by atoms with Gasteiger partial charge < -0.3 is 18.9 Å². The second kappa shape index (κ2) is 9.11. The highest BCUT2D eigenvalue weighted by molar-refractivity contribution is 5.85. The second-order valence-electron chi connectivity index (χ2n) is 8.44. The van der Waals surface area contributed by atoms with Crippen LogP contribution in [-0.2, 0) is 17.8 Å². The van der Waals surface area contributed by atoms with E-state index in [1.165, 1.54) is 27.7 Å². The Morgan fingerprint density at radius 3 is 2.50 bits per heavy atom. The lowest BCUT2D eigenvalue weighted by molar-refractivity contribution is 0.122. The summed E-state index contributed by atoms with van der Waals surface area (Å²) in [6.07, 6.45) is 2.30. The first-order chi connectivity index (χ1) is 14.6. The van der Waals surface area contributed by atoms with Crippen LogP contribution in [0.1, 0.15) is 31.0 Å². The number of hydrogen-bond acceptors (Lipinski definition) is 4. The monoisotopic (exact) mass is 407 g/mol. The van der Waals surface area contributed by atoms with Crippen molar-refractivity contribution in [2.24, 2.45) is 0 Å². The van der Waals surface area contributed by atoms with Gasteiger partial charge in [-0.2, -0.15) is 0 Å². The molecule has 0 N–H and O–H groups in total. The average molecular weight is 408 g/mol. The predicted octanol–water partition coefficient (Wildman–Crippen LogP) is 4.70. The summed E-state index contributed by atoms with van der Waals surface area (Å²) in [5, 5.41) is 1.27. The molecule has 2 heterocycles. The molecule has 2 aromatic carbocycles. The van der Waals surface area contributed by atoms with Crippen molar-refractivity contribution in [1.82, 2.24) is 9.47 Å². The number of ether oxygens (including phenoxy) is 2. The average Bonchev–Trinajstić information content (AvgIpc) is 3.12. The van der Waals surface area contributed by atoms with Crippen LogP contribution in [0, 0.1) is 0 Å². The van der Waals surface area contributed by atoms with Crippen molar-refractivity contribution in [3.63, 3.8) is 0 Å². The summed E-state index contributed by atoms with van der Waals surface area (Å²) in [4.78, 5) is 4.85. The molecule has 1 fully saturated rings. The third-order valence-corrected chi connectivity index (χ3v) is 5.90. The molecule has 1 aliphatic heterocycles. The third kappa shape index (κ3) is 4.32. The van der Waals surface area contributed by atoms with Crippen LogP contribution in [0.5, 0.6) is 5.75 Å². The number of methoxy groups -OCH3 is 1. The first kappa shape index (κ1) is 20.8. The molecule has 1 aromatic heterocycles. The van der Waals surface area contributed by atoms with Crippen molar-refractivity contribution < 1.29 is 9.47 Å². The van der Waals surface area contributed by atoms with Crippen molar-refractivity contribution in [3.8, 4) is 5.75 Å². The Bertz CT molecular complexity index is 989. The Morgan fingerprint density at radius 1 is 1.03 bits per heavy atom. The fourth-order valence-electron chi connectivity index (χ4n) is 4.38. The van der Waals surface area contributed by atoms with Gasteiger partial charge in [-0.1, -0.05) is 18.2 Å². The van der Waals surface area contributed by atoms with Crippen LogP contribution < -0.4 is 9.64 Å². The Labute approximate surface area is 179 Å². The fraction of sp³-hybridized carbons (Fsp3) is 0.440. The van der Waals surface area contributed by atoms with Crippen molar-refractivity contribution in [2.75, 3.05) is 45.4 Å². The summed E-state index contributed by atoms with van der Waals surface area (Å²) in [6.45, 7) is 9.80. The third-order valence-electron chi connectivity index (χ3n) is 5.90. The molecule has 30 heavy (non-hydrogen) atoms. The maximum atomic E-state index is 5.54. The first-order valence-electron chi connectivity index (χ1n) is 10.8. The molecule has 5 nitrogen and oxygen atoms in total. The standard InChI is InChI=1S/C25H33N3O2/c1-19(2)28-18-21(23-15-22(29-4)9-10-25(23)28)17-26(3)16-20-7-5-6-8-24(20)27-11-13-30-14-12-27/h5-10,15,18-19H,11-14,16-17H2,1-4H3. The van der Waals surface area contributed by atoms with Gasteiger partial charge in [-0.3, -0.25) is 4.90 Å². The van der Waals surface area contributed by atoms with Crippen LogP contribution in [0.15, 0.2) is 48.7 Å². The molecule has 0 atom stereocenters. The maximum absolute atomic E-state index is 5.54. The number of benzene rings is 2. The molecule has 1 saturated heterocycles. The van der Waals surface area contributed by atoms with Crippen molar-refractivity contribution in [3.05, 3.63) is 59.8 Å². The van der Waals surface area contributed by atoms with E-state index >= 15 is 0 Å². The minimum absolute atomic E-state index is 0.419. The van der Waals surface area contributed by atoms with Gasteiger partial charge in [0.25, 0.3) is 0 Å². The molecule has 0 saturated carbocycles. The molecule has 0 aliphatic carbocycles. The first-order valence-corrected chi connectivity index (χ1v) is 10.8. The van der Waals surface area contributed by atoms with Crippen LogP contribution in [0.25, 0.3) is 10.9 Å². The summed E-state index contributed by atoms with van der Waals surface area (Å²) >= 11 is 0. The van der Waals surface area contributed by atoms with Crippen LogP contribution in [0.4, 0.5) is 5.69 Å². The van der Waals surface area contributed by atoms with E-state index < -0.39 is 0 Å². The van der Waals surface area contributed by atoms with Crippen LogP contribution in [0.2, 0.25) is 0 Å². The van der Waals surface area contributed by atoms with Gasteiger partial charge in [0.15, 0.2) is 0 Å². The lowest BCUT2D eigenvalue weighted by atomic mass is 10.1. The molecule has 5 heteroatoms. The Hall–Kier alpha value is -2.50. The number of aromatic nitrogens is 1. The zero-order valence-electron chi connectivity index (χ0n) is 18.6. The summed E-state index contributed by atoms with van der Waals surface area (Å²) in [7, 11) is 3.93. The Kier molecular flexibility index (Phi) is 6.30. The largest absolute Gasteiger partial charge is 0.497 e. The molecule has 0 spiro atoms. The Morgan fingerprint density at radius 2 is 1.77 bits per heavy atom. The summed E-state index contributed by atoms with van der Waals surface area (Å²) in [6, 6.07) is 15.6. The van der Waals surface area contributed by atoms with Crippen LogP contribution >= 0.6 is 0 Å². The molecule has 0 amide bonds. The van der Waals surface area contributed by atoms with Crippen molar-refractivity contribution in [1.29, 1.82) is 0 Å². The molecule has 0 unspecified atom stereocenters. The molecule has 160 valence electrons. The van der Waals surface area contributed by atoms with E-state index in [0.29, 0.717) is 6.04 Å². The van der Waals surface area contributed by atoms with Gasteiger partial charge in [0.05, 0.1) is 20.3 Å². The van der Waals surface area contributed by atoms with E-state index in [-0.39, 0.29) is 0 Å². The number of hydrogen-bond donors (Lipinski definition) is 0. The van der Waals surface area contributed by atoms with Crippen LogP contribution in [-0.4, -0.2) is 49.9 Å². The van der Waals surface area contributed by atoms with Crippen LogP contribution in [0.3, 0.4) is 0 Å². The molecular formula is C25H33N3O2. The highest BCUT2D eigenvalue weighted by atomic mass is 16.5. The highest BCUT2D eigenvalue weighted by Crippen LogP contribution is 2.30. The number of para-hydroxylation sites is 1. The Balaban J connectivity index is 1.58. The second-order valence-corrected chi connectivity index (χ2v) is 8.44. The zero-order chi connectivity index (χ0) is 21.1. The summed E-state index contributed by atoms with van der Waals surface area (Å²) in [5.74, 6) is 0.908. The summed E-state index contributed by atoms with van der Waals surface area (Å²) in [5.41, 5.74) is 5.30. The van der Waals surface area contributed by atoms with Gasteiger partial charge >= 0.3 is 0 Å². The van der Waals surface area contributed by atoms with Crippen molar-refractivity contribution in [2.45, 2.75) is 33.0 Å². The van der Waals surface area contributed by atoms with Crippen molar-refractivity contribution >= 4 is 16.6 Å². The van der Waals surface area contributed by atoms with E-state index in [2.05, 4.69) is 77.9 Å². The van der Waals surface area contributed by atoms with Gasteiger partial charge in [0, 0.05) is 55.0 Å². The van der Waals surface area contributed by atoms with Gasteiger partial charge in [-0.15, -0.1) is 0 Å². The number of nitrogens with zero attached hydrogens (tertiary/aromatic N) is 3. The van der Waals surface area contributed by atoms with E-state index in [1.807, 2.05) is 6.07 Å². The summed E-state index contributed by atoms with van der Waals surface area (Å²) < 4.78 is 13.4. The number of anilines is 1. The maximum Gasteiger partial charge on any atom is 0.119 e. The minimum Gasteiger partial charge on any atom is -0.497 e. The predicted molar refractivity (Wildman–Crippen MR) is 124 cm³/mol. The van der Waals surface area contributed by atoms with Gasteiger partial charge in [-0.05, 0) is 56.3 Å². The molecular weight excluding hydrogens is 374 g/mol. The SMILES string of the molecule is COc1ccc2c(c1)c(CN(C)Cc1ccccc1N1CCOCC1)cn2C(C)C. The lowest BCUT2D eigenvalue weighted by Crippen LogP contribution is -2.37. The molecule has 0 bridgehead atoms. The van der Waals surface area contributed by atoms with Gasteiger partial charge in [0.1, 0.15) is 5.75 Å². The quantitative estimate of drug-likeness (QED) is 0.568. The molecule has 0 radical (unpaired) electrons. The normalized spacial score (nSPS) is 14.8. The van der Waals surface area contributed by atoms with E-state index in [1.54, 1.807) is 7.11 Å². The zero-order valence-corrected chi connectivity index (χ0v) is 18.6. The molecule has 3 aromatic rings. The van der Waals surface area contributed by atoms with Gasteiger partial charge in [-0.25, -0.2) is 0 Å². The highest BCUT2D eigenvalue weighted by Gasteiger charge is 2.17. The number of fused-ring (bicyclic) bond motifs is 1. The van der Waals surface area contributed by atoms with Gasteiger partial charge in [0.2, 0.25) is 0 Å². The number of morpholine rings is 1.